The molecule has 1 aromatic rings. The minimum Gasteiger partial charge on any atom is -0.700 e. The summed E-state index contributed by atoms with van der Waals surface area (Å²) in [6.07, 6.45) is 0. The number of alkyl halides is 2. The monoisotopic (exact) mass is 550 g/mol. The molecule has 0 aliphatic carbocycles. The molecule has 1 rings (SSSR count). The van der Waals surface area contributed by atoms with E-state index < -0.39 is 0 Å². The maximum Gasteiger partial charge on any atom is 3.00 e. The van der Waals surface area contributed by atoms with Crippen molar-refractivity contribution in [3.8, 4) is 0 Å². The molecule has 0 fully saturated rings. The first kappa shape index (κ1) is 33.2. The van der Waals surface area contributed by atoms with Gasteiger partial charge in [0.25, 0.3) is 0 Å². The molecule has 0 heterocycles. The SMILES string of the molecule is CN(C)C(=[SH+])[SH2+].CN(C)C(=[SH+])[SH2+].[Co+3].[NH-]c1ccc(N(CCCl)CCCl)cc1[NH-]. The first-order valence-corrected chi connectivity index (χ1v) is 10.8. The fraction of sp³-hybridized carbons (Fsp3) is 0.500. The number of benzene rings is 1. The van der Waals surface area contributed by atoms with Gasteiger partial charge in [-0.2, -0.15) is 21.2 Å². The smallest absolute Gasteiger partial charge is 0.700 e. The number of nitrogens with zero attached hydrogens (tertiary/aromatic N) is 3. The Morgan fingerprint density at radius 3 is 1.50 bits per heavy atom. The van der Waals surface area contributed by atoms with Crippen LogP contribution < -0.4 is 4.90 Å². The van der Waals surface area contributed by atoms with E-state index in [0.717, 1.165) is 14.3 Å². The predicted octanol–water partition coefficient (Wildman–Crippen LogP) is 2.19. The van der Waals surface area contributed by atoms with Crippen molar-refractivity contribution in [2.45, 2.75) is 0 Å². The van der Waals surface area contributed by atoms with Gasteiger partial charge in [0, 0.05) is 58.7 Å². The van der Waals surface area contributed by atoms with Gasteiger partial charge in [-0.25, -0.2) is 0 Å². The summed E-state index contributed by atoms with van der Waals surface area (Å²) < 4.78 is 1.69. The number of halogens is 2. The van der Waals surface area contributed by atoms with Crippen molar-refractivity contribution in [2.75, 3.05) is 57.9 Å². The van der Waals surface area contributed by atoms with Crippen LogP contribution in [0.3, 0.4) is 0 Å². The van der Waals surface area contributed by atoms with Gasteiger partial charge in [0.05, 0.1) is 25.3 Å². The van der Waals surface area contributed by atoms with Crippen LogP contribution in [0.1, 0.15) is 0 Å². The van der Waals surface area contributed by atoms with Crippen LogP contribution in [-0.2, 0) is 66.5 Å². The fourth-order valence-electron chi connectivity index (χ4n) is 1.30. The molecule has 2 N–H and O–H groups in total. The first-order chi connectivity index (χ1) is 12.5. The number of hydrogen-bond donors (Lipinski definition) is 0. The van der Waals surface area contributed by atoms with Crippen molar-refractivity contribution in [3.05, 3.63) is 29.7 Å². The molecule has 0 atom stereocenters. The molecule has 12 heteroatoms. The zero-order valence-corrected chi connectivity index (χ0v) is 22.7. The number of rotatable bonds is 5. The van der Waals surface area contributed by atoms with Gasteiger partial charge in [-0.1, -0.05) is 12.1 Å². The molecule has 0 aliphatic rings. The topological polar surface area (TPSA) is 57.3 Å². The van der Waals surface area contributed by atoms with Gasteiger partial charge in [0.15, 0.2) is 0 Å². The summed E-state index contributed by atoms with van der Waals surface area (Å²) in [6, 6.07) is 5.11. The molecule has 0 saturated heterocycles. The number of anilines is 1. The zero-order valence-electron chi connectivity index (χ0n) is 16.4. The van der Waals surface area contributed by atoms with Crippen LogP contribution in [0.15, 0.2) is 18.2 Å². The van der Waals surface area contributed by atoms with E-state index in [1.54, 1.807) is 12.1 Å². The summed E-state index contributed by atoms with van der Waals surface area (Å²) >= 11 is 25.6. The second-order valence-corrected chi connectivity index (χ2v) is 8.92. The molecule has 28 heavy (non-hydrogen) atoms. The van der Waals surface area contributed by atoms with Crippen molar-refractivity contribution in [2.24, 2.45) is 0 Å². The maximum absolute atomic E-state index is 7.54. The average Bonchev–Trinajstić information content (AvgIpc) is 2.58. The van der Waals surface area contributed by atoms with Gasteiger partial charge in [0.1, 0.15) is 0 Å². The summed E-state index contributed by atoms with van der Waals surface area (Å²) in [4.78, 5) is 5.73. The summed E-state index contributed by atoms with van der Waals surface area (Å²) in [5, 5.41) is 0. The van der Waals surface area contributed by atoms with Crippen LogP contribution >= 0.6 is 23.2 Å². The average molecular weight is 552 g/mol. The third-order valence-corrected chi connectivity index (χ3v) is 4.96. The van der Waals surface area contributed by atoms with Crippen LogP contribution in [0.5, 0.6) is 0 Å². The van der Waals surface area contributed by atoms with Crippen molar-refractivity contribution in [1.82, 2.24) is 9.80 Å². The van der Waals surface area contributed by atoms with Crippen molar-refractivity contribution in [3.63, 3.8) is 0 Å². The van der Waals surface area contributed by atoms with E-state index in [2.05, 4.69) is 49.7 Å². The summed E-state index contributed by atoms with van der Waals surface area (Å²) in [5.74, 6) is 1.04. The third-order valence-electron chi connectivity index (χ3n) is 2.92. The van der Waals surface area contributed by atoms with Crippen LogP contribution in [0.2, 0.25) is 0 Å². The molecule has 0 aliphatic heterocycles. The largest absolute Gasteiger partial charge is 3.00 e. The molecule has 5 nitrogen and oxygen atoms in total. The van der Waals surface area contributed by atoms with Crippen molar-refractivity contribution >= 4 is 98.6 Å². The first-order valence-electron chi connectivity index (χ1n) is 7.81. The summed E-state index contributed by atoms with van der Waals surface area (Å²) in [7, 11) is 7.65. The molecule has 0 unspecified atom stereocenters. The molecule has 0 amide bonds. The Bertz CT molecular complexity index is 556. The maximum atomic E-state index is 7.54. The van der Waals surface area contributed by atoms with Gasteiger partial charge in [-0.3, -0.25) is 0 Å². The van der Waals surface area contributed by atoms with Gasteiger partial charge >= 0.3 is 25.4 Å². The second kappa shape index (κ2) is 19.5. The fourth-order valence-corrected chi connectivity index (χ4v) is 1.71. The molecule has 0 bridgehead atoms. The molecule has 0 aromatic heterocycles. The Morgan fingerprint density at radius 1 is 0.893 bits per heavy atom. The van der Waals surface area contributed by atoms with Crippen LogP contribution in [0.25, 0.3) is 11.5 Å². The van der Waals surface area contributed by atoms with Crippen LogP contribution in [0, 0.1) is 0 Å². The molecule has 0 saturated carbocycles. The molecule has 0 radical (unpaired) electrons. The Hall–Kier alpha value is 0.506. The van der Waals surface area contributed by atoms with Crippen LogP contribution in [-0.4, -0.2) is 71.5 Å². The molecular formula is C16H31Cl2CoN5S4+5. The molecule has 0 spiro atoms. The van der Waals surface area contributed by atoms with E-state index in [4.69, 9.17) is 34.7 Å². The van der Waals surface area contributed by atoms with E-state index >= 15 is 0 Å². The van der Waals surface area contributed by atoms with Crippen molar-refractivity contribution in [1.29, 1.82) is 0 Å². The molecule has 162 valence electrons. The van der Waals surface area contributed by atoms with Gasteiger partial charge in [0.2, 0.25) is 24.4 Å². The zero-order chi connectivity index (χ0) is 21.6. The minimum absolute atomic E-state index is 0. The number of thiol groups is 2. The number of hydrogen-bond acceptors (Lipinski definition) is 1. The quantitative estimate of drug-likeness (QED) is 0.244. The molecular weight excluding hydrogens is 520 g/mol. The van der Waals surface area contributed by atoms with E-state index in [1.807, 2.05) is 49.0 Å². The Balaban J connectivity index is -0.000000402. The second-order valence-electron chi connectivity index (χ2n) is 5.53. The predicted molar refractivity (Wildman–Crippen MR) is 143 cm³/mol. The van der Waals surface area contributed by atoms with E-state index in [1.165, 1.54) is 0 Å². The molecule has 1 aromatic carbocycles. The van der Waals surface area contributed by atoms with Gasteiger partial charge in [-0.15, -0.1) is 23.2 Å². The standard InChI is InChI=1S/C10H13Cl2N3.2C3H7NS2.Co/c11-3-5-15(6-4-12)8-1-2-9(13)10(14)7-8;2*1-4(2)3(5)6;/h1-2,7,13-14H,3-6H2;2*1-2H3,(H,5,6);/q-2;;;+3/p+4. The van der Waals surface area contributed by atoms with Crippen LogP contribution in [0.4, 0.5) is 17.1 Å². The third kappa shape index (κ3) is 17.4. The summed E-state index contributed by atoms with van der Waals surface area (Å²) in [5.41, 5.74) is 16.3. The Morgan fingerprint density at radius 2 is 1.25 bits per heavy atom. The number of nitrogens with one attached hydrogen (secondary N) is 2. The Kier molecular flexibility index (Phi) is 23.1. The van der Waals surface area contributed by atoms with Gasteiger partial charge in [-0.05, 0) is 6.07 Å². The summed E-state index contributed by atoms with van der Waals surface area (Å²) in [6.45, 7) is 1.40. The van der Waals surface area contributed by atoms with E-state index in [-0.39, 0.29) is 28.2 Å². The minimum atomic E-state index is 0. The van der Waals surface area contributed by atoms with E-state index in [9.17, 15) is 0 Å². The Labute approximate surface area is 211 Å². The van der Waals surface area contributed by atoms with E-state index in [0.29, 0.717) is 24.8 Å². The normalized spacial score (nSPS) is 9.50. The van der Waals surface area contributed by atoms with Gasteiger partial charge < -0.3 is 16.4 Å². The van der Waals surface area contributed by atoms with Crippen molar-refractivity contribution < 1.29 is 16.8 Å².